The lowest BCUT2D eigenvalue weighted by molar-refractivity contribution is -0.161. The van der Waals surface area contributed by atoms with E-state index in [9.17, 15) is 14.4 Å². The van der Waals surface area contributed by atoms with Crippen molar-refractivity contribution in [1.82, 2.24) is 4.90 Å². The van der Waals surface area contributed by atoms with Crippen LogP contribution in [0.15, 0.2) is 0 Å². The molecule has 1 aliphatic heterocycles. The Kier molecular flexibility index (Phi) is 4.09. The van der Waals surface area contributed by atoms with Crippen LogP contribution in [0, 0.1) is 0 Å². The third kappa shape index (κ3) is 4.84. The van der Waals surface area contributed by atoms with E-state index in [0.29, 0.717) is 0 Å². The summed E-state index contributed by atoms with van der Waals surface area (Å²) in [6.07, 6.45) is -0.504. The SMILES string of the molecule is CC(C)(C)OC(=O)N1CCC(=O)OC(=O)CC1. The van der Waals surface area contributed by atoms with Crippen molar-refractivity contribution >= 4 is 18.0 Å². The summed E-state index contributed by atoms with van der Waals surface area (Å²) in [5, 5.41) is 0. The second kappa shape index (κ2) is 5.16. The summed E-state index contributed by atoms with van der Waals surface area (Å²) in [5.41, 5.74) is -0.593. The van der Waals surface area contributed by atoms with Gasteiger partial charge >= 0.3 is 18.0 Å². The molecule has 0 saturated carbocycles. The Balaban J connectivity index is 2.60. The first-order valence-electron chi connectivity index (χ1n) is 5.49. The Labute approximate surface area is 99.9 Å². The molecule has 1 heterocycles. The van der Waals surface area contributed by atoms with Crippen molar-refractivity contribution in [1.29, 1.82) is 0 Å². The second-order valence-corrected chi connectivity index (χ2v) is 4.81. The molecule has 6 nitrogen and oxygen atoms in total. The van der Waals surface area contributed by atoms with Gasteiger partial charge in [0.25, 0.3) is 0 Å². The van der Waals surface area contributed by atoms with Crippen LogP contribution in [-0.2, 0) is 19.1 Å². The normalized spacial score (nSPS) is 18.2. The van der Waals surface area contributed by atoms with Crippen LogP contribution >= 0.6 is 0 Å². The molecule has 0 atom stereocenters. The summed E-state index contributed by atoms with van der Waals surface area (Å²) >= 11 is 0. The summed E-state index contributed by atoms with van der Waals surface area (Å²) in [7, 11) is 0. The lowest BCUT2D eigenvalue weighted by atomic mass is 10.2. The van der Waals surface area contributed by atoms with Crippen LogP contribution in [0.25, 0.3) is 0 Å². The van der Waals surface area contributed by atoms with Crippen LogP contribution < -0.4 is 0 Å². The van der Waals surface area contributed by atoms with E-state index >= 15 is 0 Å². The summed E-state index contributed by atoms with van der Waals surface area (Å²) in [5.74, 6) is -1.22. The van der Waals surface area contributed by atoms with Crippen LogP contribution in [-0.4, -0.2) is 41.6 Å². The standard InChI is InChI=1S/C11H17NO5/c1-11(2,3)17-10(15)12-6-4-8(13)16-9(14)5-7-12/h4-7H2,1-3H3. The van der Waals surface area contributed by atoms with Gasteiger partial charge in [0, 0.05) is 13.1 Å². The highest BCUT2D eigenvalue weighted by molar-refractivity contribution is 5.86. The third-order valence-corrected chi connectivity index (χ3v) is 2.05. The van der Waals surface area contributed by atoms with Gasteiger partial charge < -0.3 is 14.4 Å². The van der Waals surface area contributed by atoms with E-state index in [4.69, 9.17) is 4.74 Å². The molecule has 0 unspecified atom stereocenters. The van der Waals surface area contributed by atoms with Gasteiger partial charge in [-0.25, -0.2) is 4.79 Å². The zero-order valence-corrected chi connectivity index (χ0v) is 10.3. The van der Waals surface area contributed by atoms with Gasteiger partial charge in [0.2, 0.25) is 0 Å². The van der Waals surface area contributed by atoms with Crippen molar-refractivity contribution < 1.29 is 23.9 Å². The van der Waals surface area contributed by atoms with Gasteiger partial charge in [0.15, 0.2) is 0 Å². The quantitative estimate of drug-likeness (QED) is 0.470. The Morgan fingerprint density at radius 3 is 2.06 bits per heavy atom. The molecule has 17 heavy (non-hydrogen) atoms. The van der Waals surface area contributed by atoms with Crippen molar-refractivity contribution in [2.75, 3.05) is 13.1 Å². The second-order valence-electron chi connectivity index (χ2n) is 4.81. The highest BCUT2D eigenvalue weighted by Gasteiger charge is 2.25. The molecule has 0 bridgehead atoms. The van der Waals surface area contributed by atoms with Crippen LogP contribution in [0.5, 0.6) is 0 Å². The molecule has 96 valence electrons. The van der Waals surface area contributed by atoms with E-state index < -0.39 is 23.6 Å². The summed E-state index contributed by atoms with van der Waals surface area (Å²) in [6, 6.07) is 0. The topological polar surface area (TPSA) is 72.9 Å². The van der Waals surface area contributed by atoms with Crippen LogP contribution in [0.1, 0.15) is 33.6 Å². The molecule has 1 aliphatic rings. The lowest BCUT2D eigenvalue weighted by Gasteiger charge is -2.27. The van der Waals surface area contributed by atoms with Crippen LogP contribution in [0.2, 0.25) is 0 Å². The first-order valence-corrected chi connectivity index (χ1v) is 5.49. The average Bonchev–Trinajstić information content (AvgIpc) is 2.11. The number of nitrogens with zero attached hydrogens (tertiary/aromatic N) is 1. The van der Waals surface area contributed by atoms with E-state index in [-0.39, 0.29) is 25.9 Å². The molecule has 1 saturated heterocycles. The van der Waals surface area contributed by atoms with E-state index in [1.807, 2.05) is 0 Å². The number of amides is 1. The Morgan fingerprint density at radius 1 is 1.18 bits per heavy atom. The van der Waals surface area contributed by atoms with E-state index in [2.05, 4.69) is 4.74 Å². The molecule has 6 heteroatoms. The lowest BCUT2D eigenvalue weighted by Crippen LogP contribution is -2.40. The van der Waals surface area contributed by atoms with Gasteiger partial charge in [-0.3, -0.25) is 9.59 Å². The minimum Gasteiger partial charge on any atom is -0.444 e. The highest BCUT2D eigenvalue weighted by atomic mass is 16.6. The predicted molar refractivity (Wildman–Crippen MR) is 58.1 cm³/mol. The van der Waals surface area contributed by atoms with E-state index in [1.165, 1.54) is 4.90 Å². The molecule has 1 rings (SSSR count). The Bertz CT molecular complexity index is 313. The van der Waals surface area contributed by atoms with E-state index in [0.717, 1.165) is 0 Å². The maximum absolute atomic E-state index is 11.7. The molecule has 0 aromatic rings. The fourth-order valence-corrected chi connectivity index (χ4v) is 1.30. The molecule has 0 N–H and O–H groups in total. The number of cyclic esters (lactones) is 2. The smallest absolute Gasteiger partial charge is 0.410 e. The van der Waals surface area contributed by atoms with Crippen molar-refractivity contribution in [3.8, 4) is 0 Å². The molecule has 0 aromatic heterocycles. The Hall–Kier alpha value is -1.59. The monoisotopic (exact) mass is 243 g/mol. The van der Waals surface area contributed by atoms with Crippen LogP contribution in [0.3, 0.4) is 0 Å². The van der Waals surface area contributed by atoms with Gasteiger partial charge in [0.1, 0.15) is 5.60 Å². The van der Waals surface area contributed by atoms with E-state index in [1.54, 1.807) is 20.8 Å². The fraction of sp³-hybridized carbons (Fsp3) is 0.727. The number of carbonyl (C=O) groups excluding carboxylic acids is 3. The van der Waals surface area contributed by atoms with Crippen LogP contribution in [0.4, 0.5) is 4.79 Å². The van der Waals surface area contributed by atoms with Crippen molar-refractivity contribution in [3.05, 3.63) is 0 Å². The number of esters is 2. The first-order chi connectivity index (χ1) is 7.78. The minimum atomic E-state index is -0.608. The van der Waals surface area contributed by atoms with Gasteiger partial charge in [-0.2, -0.15) is 0 Å². The number of hydrogen-bond donors (Lipinski definition) is 0. The number of ether oxygens (including phenoxy) is 2. The predicted octanol–water partition coefficient (Wildman–Crippen LogP) is 1.09. The third-order valence-electron chi connectivity index (χ3n) is 2.05. The molecule has 1 amide bonds. The van der Waals surface area contributed by atoms with Gasteiger partial charge in [-0.05, 0) is 20.8 Å². The fourth-order valence-electron chi connectivity index (χ4n) is 1.30. The Morgan fingerprint density at radius 2 is 1.65 bits per heavy atom. The molecular formula is C11H17NO5. The maximum atomic E-state index is 11.7. The molecule has 1 fully saturated rings. The summed E-state index contributed by atoms with van der Waals surface area (Å²) in [6.45, 7) is 5.69. The van der Waals surface area contributed by atoms with Crippen molar-refractivity contribution in [3.63, 3.8) is 0 Å². The largest absolute Gasteiger partial charge is 0.444 e. The zero-order valence-electron chi connectivity index (χ0n) is 10.3. The van der Waals surface area contributed by atoms with Gasteiger partial charge in [-0.1, -0.05) is 0 Å². The average molecular weight is 243 g/mol. The van der Waals surface area contributed by atoms with Crippen molar-refractivity contribution in [2.45, 2.75) is 39.2 Å². The van der Waals surface area contributed by atoms with Gasteiger partial charge in [-0.15, -0.1) is 0 Å². The first kappa shape index (κ1) is 13.5. The maximum Gasteiger partial charge on any atom is 0.410 e. The molecule has 0 radical (unpaired) electrons. The number of rotatable bonds is 0. The molecule has 0 spiro atoms. The van der Waals surface area contributed by atoms with Crippen molar-refractivity contribution in [2.24, 2.45) is 0 Å². The molecule has 0 aromatic carbocycles. The molecular weight excluding hydrogens is 226 g/mol. The number of carbonyl (C=O) groups is 3. The molecule has 0 aliphatic carbocycles. The van der Waals surface area contributed by atoms with Gasteiger partial charge in [0.05, 0.1) is 12.8 Å². The summed E-state index contributed by atoms with van der Waals surface area (Å²) < 4.78 is 9.63. The summed E-state index contributed by atoms with van der Waals surface area (Å²) in [4.78, 5) is 35.2. The zero-order chi connectivity index (χ0) is 13.1. The number of hydrogen-bond acceptors (Lipinski definition) is 5. The minimum absolute atomic E-state index is 0.00494. The highest BCUT2D eigenvalue weighted by Crippen LogP contribution is 2.12.